The van der Waals surface area contributed by atoms with E-state index in [9.17, 15) is 4.79 Å². The Kier molecular flexibility index (Phi) is 9.93. The maximum atomic E-state index is 12.5. The molecule has 0 heterocycles. The molecule has 2 N–H and O–H groups in total. The Labute approximate surface area is 156 Å². The van der Waals surface area contributed by atoms with Gasteiger partial charge in [-0.05, 0) is 43.0 Å². The van der Waals surface area contributed by atoms with Crippen LogP contribution in [0.2, 0.25) is 5.02 Å². The predicted molar refractivity (Wildman–Crippen MR) is 108 cm³/mol. The van der Waals surface area contributed by atoms with Crippen LogP contribution in [-0.2, 0) is 0 Å². The summed E-state index contributed by atoms with van der Waals surface area (Å²) in [5.74, 6) is 0.405. The van der Waals surface area contributed by atoms with Crippen LogP contribution in [0.25, 0.3) is 6.08 Å². The van der Waals surface area contributed by atoms with Gasteiger partial charge < -0.3 is 10.7 Å². The molecule has 1 aromatic carbocycles. The lowest BCUT2D eigenvalue weighted by Gasteiger charge is -2.15. The summed E-state index contributed by atoms with van der Waals surface area (Å²) < 4.78 is 0. The average molecular weight is 364 g/mol. The molecule has 4 nitrogen and oxygen atoms in total. The number of nitrogens with zero attached hydrogens (tertiary/aromatic N) is 1. The van der Waals surface area contributed by atoms with E-state index in [1.807, 2.05) is 31.2 Å². The van der Waals surface area contributed by atoms with Gasteiger partial charge in [0.15, 0.2) is 0 Å². The van der Waals surface area contributed by atoms with Crippen molar-refractivity contribution in [2.75, 3.05) is 13.6 Å². The third kappa shape index (κ3) is 7.74. The molecule has 0 radical (unpaired) electrons. The van der Waals surface area contributed by atoms with Gasteiger partial charge in [-0.25, -0.2) is 0 Å². The molecule has 1 atom stereocenters. The summed E-state index contributed by atoms with van der Waals surface area (Å²) in [4.78, 5) is 12.5. The third-order valence-electron chi connectivity index (χ3n) is 4.13. The van der Waals surface area contributed by atoms with Gasteiger partial charge in [-0.3, -0.25) is 4.79 Å². The Hall–Kier alpha value is -1.81. The van der Waals surface area contributed by atoms with Crippen molar-refractivity contribution < 1.29 is 4.79 Å². The van der Waals surface area contributed by atoms with Gasteiger partial charge in [0.25, 0.3) is 5.91 Å². The van der Waals surface area contributed by atoms with E-state index in [1.54, 1.807) is 13.1 Å². The van der Waals surface area contributed by atoms with Gasteiger partial charge >= 0.3 is 0 Å². The lowest BCUT2D eigenvalue weighted by molar-refractivity contribution is 0.0946. The summed E-state index contributed by atoms with van der Waals surface area (Å²) in [6, 6.07) is 5.46. The second-order valence-electron chi connectivity index (χ2n) is 6.18. The Bertz CT molecular complexity index is 611. The van der Waals surface area contributed by atoms with Crippen molar-refractivity contribution in [1.82, 2.24) is 10.7 Å². The van der Waals surface area contributed by atoms with Gasteiger partial charge in [0.1, 0.15) is 0 Å². The van der Waals surface area contributed by atoms with Crippen molar-refractivity contribution in [2.24, 2.45) is 11.0 Å². The summed E-state index contributed by atoms with van der Waals surface area (Å²) in [5.41, 5.74) is 5.02. The van der Waals surface area contributed by atoms with E-state index in [4.69, 9.17) is 11.6 Å². The topological polar surface area (TPSA) is 53.5 Å². The van der Waals surface area contributed by atoms with Gasteiger partial charge in [-0.1, -0.05) is 56.9 Å². The standard InChI is InChI=1S/C20H30ClN3O/c1-5-7-8-16(6-2)14-23-20(25)18-13-17(11-12-19(18)21)10-9-15(3)24-22-4/h9-13,16,22H,5-8,14H2,1-4H3,(H,23,25)/b10-9+,24-15-. The smallest absolute Gasteiger partial charge is 0.252 e. The fraction of sp³-hybridized carbons (Fsp3) is 0.500. The molecule has 1 unspecified atom stereocenters. The number of amides is 1. The zero-order chi connectivity index (χ0) is 18.7. The van der Waals surface area contributed by atoms with E-state index < -0.39 is 0 Å². The number of carbonyl (C=O) groups is 1. The number of unbranched alkanes of at least 4 members (excludes halogenated alkanes) is 1. The maximum absolute atomic E-state index is 12.5. The summed E-state index contributed by atoms with van der Waals surface area (Å²) in [6.45, 7) is 6.95. The number of hydrazone groups is 1. The van der Waals surface area contributed by atoms with Crippen molar-refractivity contribution in [3.63, 3.8) is 0 Å². The third-order valence-corrected chi connectivity index (χ3v) is 4.46. The molecule has 0 aliphatic rings. The molecule has 0 fully saturated rings. The number of benzene rings is 1. The highest BCUT2D eigenvalue weighted by Gasteiger charge is 2.13. The van der Waals surface area contributed by atoms with Gasteiger partial charge in [-0.2, -0.15) is 5.10 Å². The molecule has 1 rings (SSSR count). The minimum Gasteiger partial charge on any atom is -0.352 e. The Morgan fingerprint density at radius 2 is 2.12 bits per heavy atom. The van der Waals surface area contributed by atoms with Gasteiger partial charge in [0.05, 0.1) is 16.3 Å². The molecule has 0 aliphatic heterocycles. The van der Waals surface area contributed by atoms with Crippen LogP contribution in [-0.4, -0.2) is 25.2 Å². The first kappa shape index (κ1) is 21.2. The first-order chi connectivity index (χ1) is 12.0. The highest BCUT2D eigenvalue weighted by molar-refractivity contribution is 6.33. The number of rotatable bonds is 10. The van der Waals surface area contributed by atoms with E-state index in [2.05, 4.69) is 29.7 Å². The maximum Gasteiger partial charge on any atom is 0.252 e. The number of halogens is 1. The minimum absolute atomic E-state index is 0.115. The number of carbonyl (C=O) groups excluding carboxylic acids is 1. The second-order valence-corrected chi connectivity index (χ2v) is 6.58. The fourth-order valence-corrected chi connectivity index (χ4v) is 2.73. The molecule has 25 heavy (non-hydrogen) atoms. The average Bonchev–Trinajstić information content (AvgIpc) is 2.61. The normalized spacial score (nSPS) is 13.1. The van der Waals surface area contributed by atoms with Crippen LogP contribution in [0.1, 0.15) is 62.4 Å². The van der Waals surface area contributed by atoms with Gasteiger partial charge in [0, 0.05) is 13.6 Å². The molecule has 0 saturated carbocycles. The van der Waals surface area contributed by atoms with Crippen LogP contribution in [0.5, 0.6) is 0 Å². The second kappa shape index (κ2) is 11.7. The molecule has 5 heteroatoms. The van der Waals surface area contributed by atoms with Crippen molar-refractivity contribution in [3.8, 4) is 0 Å². The first-order valence-electron chi connectivity index (χ1n) is 8.98. The monoisotopic (exact) mass is 363 g/mol. The Morgan fingerprint density at radius 1 is 1.36 bits per heavy atom. The minimum atomic E-state index is -0.115. The molecule has 0 aromatic heterocycles. The molecular weight excluding hydrogens is 334 g/mol. The summed E-state index contributed by atoms with van der Waals surface area (Å²) in [5, 5.41) is 7.57. The molecule has 0 saturated heterocycles. The summed E-state index contributed by atoms with van der Waals surface area (Å²) >= 11 is 6.22. The number of nitrogens with one attached hydrogen (secondary N) is 2. The Balaban J connectivity index is 2.77. The van der Waals surface area contributed by atoms with E-state index in [1.165, 1.54) is 12.8 Å². The lowest BCUT2D eigenvalue weighted by Crippen LogP contribution is -2.29. The fourth-order valence-electron chi connectivity index (χ4n) is 2.53. The molecular formula is C20H30ClN3O. The molecule has 1 amide bonds. The van der Waals surface area contributed by atoms with Crippen LogP contribution in [0, 0.1) is 5.92 Å². The van der Waals surface area contributed by atoms with Crippen molar-refractivity contribution in [2.45, 2.75) is 46.5 Å². The van der Waals surface area contributed by atoms with E-state index >= 15 is 0 Å². The van der Waals surface area contributed by atoms with Crippen LogP contribution in [0.4, 0.5) is 0 Å². The number of hydrogen-bond donors (Lipinski definition) is 2. The zero-order valence-electron chi connectivity index (χ0n) is 15.7. The lowest BCUT2D eigenvalue weighted by atomic mass is 9.99. The first-order valence-corrected chi connectivity index (χ1v) is 9.36. The highest BCUT2D eigenvalue weighted by Crippen LogP contribution is 2.19. The highest BCUT2D eigenvalue weighted by atomic mass is 35.5. The van der Waals surface area contributed by atoms with Crippen molar-refractivity contribution in [1.29, 1.82) is 0 Å². The van der Waals surface area contributed by atoms with Crippen LogP contribution >= 0.6 is 11.6 Å². The summed E-state index contributed by atoms with van der Waals surface area (Å²) in [7, 11) is 1.76. The molecule has 1 aromatic rings. The molecule has 0 bridgehead atoms. The summed E-state index contributed by atoms with van der Waals surface area (Å²) in [6.07, 6.45) is 8.40. The van der Waals surface area contributed by atoms with Gasteiger partial charge in [-0.15, -0.1) is 0 Å². The van der Waals surface area contributed by atoms with Crippen LogP contribution in [0.15, 0.2) is 29.4 Å². The largest absolute Gasteiger partial charge is 0.352 e. The van der Waals surface area contributed by atoms with Crippen LogP contribution < -0.4 is 10.7 Å². The quantitative estimate of drug-likeness (QED) is 0.459. The van der Waals surface area contributed by atoms with E-state index in [0.29, 0.717) is 23.0 Å². The SMILES string of the molecule is CCCCC(CC)CNC(=O)c1cc(/C=C/C(C)=N\NC)ccc1Cl. The van der Waals surface area contributed by atoms with Crippen molar-refractivity contribution in [3.05, 3.63) is 40.4 Å². The molecule has 0 aliphatic carbocycles. The Morgan fingerprint density at radius 3 is 2.76 bits per heavy atom. The number of hydrogen-bond acceptors (Lipinski definition) is 3. The van der Waals surface area contributed by atoms with E-state index in [-0.39, 0.29) is 5.91 Å². The molecule has 0 spiro atoms. The molecule has 138 valence electrons. The van der Waals surface area contributed by atoms with Gasteiger partial charge in [0.2, 0.25) is 0 Å². The van der Waals surface area contributed by atoms with Crippen molar-refractivity contribution >= 4 is 29.3 Å². The zero-order valence-corrected chi connectivity index (χ0v) is 16.5. The van der Waals surface area contributed by atoms with E-state index in [0.717, 1.165) is 24.1 Å². The predicted octanol–water partition coefficient (Wildman–Crippen LogP) is 4.89. The number of allylic oxidation sites excluding steroid dienone is 1. The van der Waals surface area contributed by atoms with Crippen LogP contribution in [0.3, 0.4) is 0 Å².